The predicted molar refractivity (Wildman–Crippen MR) is 107 cm³/mol. The highest BCUT2D eigenvalue weighted by Gasteiger charge is 2.34. The first-order valence-electron chi connectivity index (χ1n) is 9.59. The summed E-state index contributed by atoms with van der Waals surface area (Å²) >= 11 is 0. The summed E-state index contributed by atoms with van der Waals surface area (Å²) in [6, 6.07) is 9.62. The molecule has 1 saturated carbocycles. The number of pyridine rings is 1. The second-order valence-corrected chi connectivity index (χ2v) is 7.31. The number of hydrogen-bond acceptors (Lipinski definition) is 3. The number of amides is 2. The smallest absolute Gasteiger partial charge is 0.319 e. The van der Waals surface area contributed by atoms with Gasteiger partial charge in [-0.05, 0) is 68.0 Å². The van der Waals surface area contributed by atoms with Gasteiger partial charge in [-0.1, -0.05) is 6.92 Å². The minimum Gasteiger partial charge on any atom is -0.331 e. The molecule has 2 heterocycles. The van der Waals surface area contributed by atoms with Crippen molar-refractivity contribution in [1.29, 1.82) is 0 Å². The Labute approximate surface area is 159 Å². The Morgan fingerprint density at radius 1 is 1.26 bits per heavy atom. The van der Waals surface area contributed by atoms with Gasteiger partial charge in [-0.25, -0.2) is 9.78 Å². The zero-order valence-corrected chi connectivity index (χ0v) is 15.8. The summed E-state index contributed by atoms with van der Waals surface area (Å²) in [5.41, 5.74) is 4.80. The van der Waals surface area contributed by atoms with Gasteiger partial charge in [-0.15, -0.1) is 0 Å². The van der Waals surface area contributed by atoms with Crippen molar-refractivity contribution in [2.24, 2.45) is 5.92 Å². The lowest BCUT2D eigenvalue weighted by molar-refractivity contribution is 0.246. The van der Waals surface area contributed by atoms with E-state index in [0.29, 0.717) is 5.92 Å². The Kier molecular flexibility index (Phi) is 4.79. The Morgan fingerprint density at radius 2 is 2.11 bits per heavy atom. The molecule has 6 heteroatoms. The van der Waals surface area contributed by atoms with Gasteiger partial charge in [0.1, 0.15) is 0 Å². The topological polar surface area (TPSA) is 71.8 Å². The van der Waals surface area contributed by atoms with Crippen molar-refractivity contribution in [2.45, 2.75) is 45.7 Å². The van der Waals surface area contributed by atoms with Gasteiger partial charge in [0.05, 0.1) is 29.1 Å². The molecule has 2 amide bonds. The molecule has 1 atom stereocenters. The van der Waals surface area contributed by atoms with Gasteiger partial charge in [-0.2, -0.15) is 0 Å². The SMILES string of the molecule is CCCn1cnc2cc(NC(=O)NC(c3cc(C)ccn3)C3CC3)ccc21. The normalized spacial score (nSPS) is 14.9. The van der Waals surface area contributed by atoms with Crippen LogP contribution in [0.3, 0.4) is 0 Å². The van der Waals surface area contributed by atoms with Gasteiger partial charge in [-0.3, -0.25) is 4.98 Å². The van der Waals surface area contributed by atoms with Gasteiger partial charge in [0.15, 0.2) is 0 Å². The maximum Gasteiger partial charge on any atom is 0.319 e. The monoisotopic (exact) mass is 363 g/mol. The number of nitrogens with one attached hydrogen (secondary N) is 2. The standard InChI is InChI=1S/C21H25N5O/c1-3-10-26-13-23-17-12-16(6-7-19(17)26)24-21(27)25-20(15-4-5-15)18-11-14(2)8-9-22-18/h6-9,11-13,15,20H,3-5,10H2,1-2H3,(H2,24,25,27). The summed E-state index contributed by atoms with van der Waals surface area (Å²) in [6.07, 6.45) is 6.97. The first-order chi connectivity index (χ1) is 13.1. The molecule has 1 unspecified atom stereocenters. The van der Waals surface area contributed by atoms with E-state index in [1.165, 1.54) is 0 Å². The maximum absolute atomic E-state index is 12.6. The first-order valence-corrected chi connectivity index (χ1v) is 9.59. The van der Waals surface area contributed by atoms with Crippen molar-refractivity contribution in [2.75, 3.05) is 5.32 Å². The van der Waals surface area contributed by atoms with Crippen molar-refractivity contribution >= 4 is 22.8 Å². The number of carbonyl (C=O) groups is 1. The number of rotatable bonds is 6. The van der Waals surface area contributed by atoms with E-state index >= 15 is 0 Å². The van der Waals surface area contributed by atoms with Gasteiger partial charge in [0.25, 0.3) is 0 Å². The Balaban J connectivity index is 1.47. The zero-order chi connectivity index (χ0) is 18.8. The van der Waals surface area contributed by atoms with Gasteiger partial charge >= 0.3 is 6.03 Å². The fourth-order valence-corrected chi connectivity index (χ4v) is 3.46. The number of fused-ring (bicyclic) bond motifs is 1. The van der Waals surface area contributed by atoms with Crippen molar-refractivity contribution in [3.63, 3.8) is 0 Å². The number of hydrogen-bond donors (Lipinski definition) is 2. The molecule has 0 spiro atoms. The van der Waals surface area contributed by atoms with Crippen molar-refractivity contribution in [3.8, 4) is 0 Å². The number of aryl methyl sites for hydroxylation is 2. The van der Waals surface area contributed by atoms with Crippen LogP contribution in [0, 0.1) is 12.8 Å². The third kappa shape index (κ3) is 3.94. The molecule has 1 aliphatic rings. The first kappa shape index (κ1) is 17.5. The lowest BCUT2D eigenvalue weighted by atomic mass is 10.1. The maximum atomic E-state index is 12.6. The van der Waals surface area contributed by atoms with E-state index in [9.17, 15) is 4.79 Å². The minimum atomic E-state index is -0.206. The van der Waals surface area contributed by atoms with E-state index in [-0.39, 0.29) is 12.1 Å². The molecule has 6 nitrogen and oxygen atoms in total. The highest BCUT2D eigenvalue weighted by Crippen LogP contribution is 2.40. The highest BCUT2D eigenvalue weighted by atomic mass is 16.2. The number of anilines is 1. The fraction of sp³-hybridized carbons (Fsp3) is 0.381. The molecule has 0 aliphatic heterocycles. The lowest BCUT2D eigenvalue weighted by Gasteiger charge is -2.18. The Bertz CT molecular complexity index is 960. The van der Waals surface area contributed by atoms with E-state index in [1.54, 1.807) is 6.20 Å². The largest absolute Gasteiger partial charge is 0.331 e. The predicted octanol–water partition coefficient (Wildman–Crippen LogP) is 4.42. The van der Waals surface area contributed by atoms with Crippen LogP contribution in [0.1, 0.15) is 43.5 Å². The summed E-state index contributed by atoms with van der Waals surface area (Å²) in [5, 5.41) is 6.05. The zero-order valence-electron chi connectivity index (χ0n) is 15.8. The van der Waals surface area contributed by atoms with Crippen molar-refractivity contribution in [3.05, 3.63) is 54.1 Å². The third-order valence-electron chi connectivity index (χ3n) is 4.98. The number of urea groups is 1. The molecule has 0 saturated heterocycles. The molecule has 140 valence electrons. The third-order valence-corrected chi connectivity index (χ3v) is 4.98. The quantitative estimate of drug-likeness (QED) is 0.681. The number of benzene rings is 1. The van der Waals surface area contributed by atoms with E-state index in [1.807, 2.05) is 37.5 Å². The second kappa shape index (κ2) is 7.39. The van der Waals surface area contributed by atoms with Crippen LogP contribution in [-0.4, -0.2) is 20.6 Å². The van der Waals surface area contributed by atoms with Gasteiger partial charge in [0.2, 0.25) is 0 Å². The number of carbonyl (C=O) groups excluding carboxylic acids is 1. The minimum absolute atomic E-state index is 0.0441. The van der Waals surface area contributed by atoms with Crippen LogP contribution in [0.2, 0.25) is 0 Å². The van der Waals surface area contributed by atoms with E-state index < -0.39 is 0 Å². The van der Waals surface area contributed by atoms with Crippen molar-refractivity contribution < 1.29 is 4.79 Å². The van der Waals surface area contributed by atoms with E-state index in [4.69, 9.17) is 0 Å². The highest BCUT2D eigenvalue weighted by molar-refractivity contribution is 5.92. The van der Waals surface area contributed by atoms with E-state index in [2.05, 4.69) is 38.2 Å². The summed E-state index contributed by atoms with van der Waals surface area (Å²) in [7, 11) is 0. The molecular formula is C21H25N5O. The summed E-state index contributed by atoms with van der Waals surface area (Å²) in [4.78, 5) is 21.5. The molecule has 1 aromatic carbocycles. The molecule has 1 aliphatic carbocycles. The van der Waals surface area contributed by atoms with Crippen LogP contribution in [0.5, 0.6) is 0 Å². The second-order valence-electron chi connectivity index (χ2n) is 7.31. The number of nitrogens with zero attached hydrogens (tertiary/aromatic N) is 3. The molecule has 4 rings (SSSR count). The molecule has 0 radical (unpaired) electrons. The van der Waals surface area contributed by atoms with Crippen molar-refractivity contribution in [1.82, 2.24) is 19.9 Å². The molecule has 2 aromatic heterocycles. The van der Waals surface area contributed by atoms with Crippen LogP contribution < -0.4 is 10.6 Å². The average molecular weight is 363 g/mol. The lowest BCUT2D eigenvalue weighted by Crippen LogP contribution is -2.34. The molecule has 27 heavy (non-hydrogen) atoms. The summed E-state index contributed by atoms with van der Waals surface area (Å²) in [6.45, 7) is 5.13. The van der Waals surface area contributed by atoms with Crippen LogP contribution in [-0.2, 0) is 6.54 Å². The molecule has 0 bridgehead atoms. The Morgan fingerprint density at radius 3 is 2.85 bits per heavy atom. The van der Waals surface area contributed by atoms with Gasteiger partial charge in [0, 0.05) is 18.4 Å². The average Bonchev–Trinajstić information content (AvgIpc) is 3.42. The van der Waals surface area contributed by atoms with Crippen LogP contribution in [0.4, 0.5) is 10.5 Å². The number of imidazole rings is 1. The Hall–Kier alpha value is -2.89. The summed E-state index contributed by atoms with van der Waals surface area (Å²) in [5.74, 6) is 0.470. The molecule has 2 N–H and O–H groups in total. The molecular weight excluding hydrogens is 338 g/mol. The molecule has 3 aromatic rings. The molecule has 1 fully saturated rings. The van der Waals surface area contributed by atoms with Crippen LogP contribution in [0.15, 0.2) is 42.9 Å². The van der Waals surface area contributed by atoms with Gasteiger partial charge < -0.3 is 15.2 Å². The van der Waals surface area contributed by atoms with Crippen LogP contribution in [0.25, 0.3) is 11.0 Å². The summed E-state index contributed by atoms with van der Waals surface area (Å²) < 4.78 is 2.13. The fourth-order valence-electron chi connectivity index (χ4n) is 3.46. The van der Waals surface area contributed by atoms with Crippen LogP contribution >= 0.6 is 0 Å². The number of aromatic nitrogens is 3. The van der Waals surface area contributed by atoms with E-state index in [0.717, 1.165) is 53.8 Å².